The summed E-state index contributed by atoms with van der Waals surface area (Å²) >= 11 is 0. The second-order valence-electron chi connectivity index (χ2n) is 6.21. The van der Waals surface area contributed by atoms with Gasteiger partial charge < -0.3 is 10.1 Å². The summed E-state index contributed by atoms with van der Waals surface area (Å²) in [6.07, 6.45) is 0.266. The quantitative estimate of drug-likeness (QED) is 0.627. The van der Waals surface area contributed by atoms with Crippen LogP contribution in [0.5, 0.6) is 5.75 Å². The fourth-order valence-corrected chi connectivity index (χ4v) is 3.25. The second kappa shape index (κ2) is 7.19. The molecular weight excluding hydrogens is 351 g/mol. The van der Waals surface area contributed by atoms with Gasteiger partial charge in [0.1, 0.15) is 17.1 Å². The van der Waals surface area contributed by atoms with Gasteiger partial charge in [-0.05, 0) is 36.2 Å². The smallest absolute Gasteiger partial charge is 0.325 e. The molecule has 1 unspecified atom stereocenters. The van der Waals surface area contributed by atoms with Crippen molar-refractivity contribution in [3.8, 4) is 5.75 Å². The molecule has 1 aliphatic heterocycles. The van der Waals surface area contributed by atoms with E-state index in [1.54, 1.807) is 31.2 Å². The average molecular weight is 370 g/mol. The molecule has 3 amide bonds. The number of benzene rings is 2. The summed E-state index contributed by atoms with van der Waals surface area (Å²) in [5.41, 5.74) is -0.556. The molecular formula is C20H19FN2O4. The molecule has 0 saturated carbocycles. The molecule has 1 aliphatic rings. The molecule has 0 radical (unpaired) electrons. The van der Waals surface area contributed by atoms with Crippen LogP contribution < -0.4 is 10.1 Å². The third-order valence-corrected chi connectivity index (χ3v) is 4.75. The number of methoxy groups -OCH3 is 1. The number of amides is 3. The average Bonchev–Trinajstić information content (AvgIpc) is 2.93. The summed E-state index contributed by atoms with van der Waals surface area (Å²) in [6, 6.07) is 11.3. The standard InChI is InChI=1S/C20H19FN2O4/c1-3-20(13-8-10-14(21)11-9-13)18(25)23(19(26)22-20)12-16(24)15-6-4-5-7-17(15)27-2/h4-11H,3,12H2,1-2H3,(H,22,26). The maximum atomic E-state index is 13.2. The molecule has 0 spiro atoms. The van der Waals surface area contributed by atoms with Crippen LogP contribution in [0.4, 0.5) is 9.18 Å². The third kappa shape index (κ3) is 3.16. The fourth-order valence-electron chi connectivity index (χ4n) is 3.25. The Kier molecular flexibility index (Phi) is 4.94. The number of carbonyl (C=O) groups excluding carboxylic acids is 3. The van der Waals surface area contributed by atoms with Crippen LogP contribution >= 0.6 is 0 Å². The van der Waals surface area contributed by atoms with Gasteiger partial charge in [-0.2, -0.15) is 0 Å². The van der Waals surface area contributed by atoms with E-state index in [0.29, 0.717) is 11.3 Å². The highest BCUT2D eigenvalue weighted by Gasteiger charge is 2.51. The normalized spacial score (nSPS) is 19.1. The summed E-state index contributed by atoms with van der Waals surface area (Å²) in [7, 11) is 1.44. The Morgan fingerprint density at radius 3 is 2.44 bits per heavy atom. The number of imide groups is 1. The fraction of sp³-hybridized carbons (Fsp3) is 0.250. The minimum atomic E-state index is -1.31. The Hall–Kier alpha value is -3.22. The van der Waals surface area contributed by atoms with Crippen molar-refractivity contribution in [2.24, 2.45) is 0 Å². The summed E-state index contributed by atoms with van der Waals surface area (Å²) in [4.78, 5) is 39.0. The van der Waals surface area contributed by atoms with Gasteiger partial charge in [-0.15, -0.1) is 0 Å². The maximum absolute atomic E-state index is 13.2. The Labute approximate surface area is 155 Å². The molecule has 6 nitrogen and oxygen atoms in total. The van der Waals surface area contributed by atoms with Gasteiger partial charge in [-0.1, -0.05) is 31.2 Å². The number of carbonyl (C=O) groups is 3. The van der Waals surface area contributed by atoms with Gasteiger partial charge in [0, 0.05) is 0 Å². The lowest BCUT2D eigenvalue weighted by molar-refractivity contribution is -0.131. The van der Waals surface area contributed by atoms with Crippen LogP contribution in [0.25, 0.3) is 0 Å². The van der Waals surface area contributed by atoms with Gasteiger partial charge >= 0.3 is 6.03 Å². The first kappa shape index (κ1) is 18.6. The molecule has 7 heteroatoms. The molecule has 27 heavy (non-hydrogen) atoms. The SMILES string of the molecule is CCC1(c2ccc(F)cc2)NC(=O)N(CC(=O)c2ccccc2OC)C1=O. The van der Waals surface area contributed by atoms with Gasteiger partial charge in [0.15, 0.2) is 5.78 Å². The number of urea groups is 1. The van der Waals surface area contributed by atoms with Crippen molar-refractivity contribution in [2.75, 3.05) is 13.7 Å². The van der Waals surface area contributed by atoms with Crippen LogP contribution in [0, 0.1) is 5.82 Å². The number of rotatable bonds is 6. The number of para-hydroxylation sites is 1. The zero-order valence-electron chi connectivity index (χ0n) is 15.0. The van der Waals surface area contributed by atoms with Gasteiger partial charge in [0.05, 0.1) is 19.2 Å². The molecule has 1 N–H and O–H groups in total. The van der Waals surface area contributed by atoms with Crippen molar-refractivity contribution in [3.63, 3.8) is 0 Å². The highest BCUT2D eigenvalue weighted by Crippen LogP contribution is 2.33. The minimum absolute atomic E-state index is 0.266. The molecule has 2 aromatic rings. The Morgan fingerprint density at radius 2 is 1.81 bits per heavy atom. The van der Waals surface area contributed by atoms with E-state index >= 15 is 0 Å². The Bertz CT molecular complexity index is 897. The highest BCUT2D eigenvalue weighted by atomic mass is 19.1. The molecule has 0 bridgehead atoms. The first-order chi connectivity index (χ1) is 12.9. The molecule has 0 aromatic heterocycles. The predicted molar refractivity (Wildman–Crippen MR) is 95.9 cm³/mol. The lowest BCUT2D eigenvalue weighted by atomic mass is 9.87. The van der Waals surface area contributed by atoms with Gasteiger partial charge in [-0.25, -0.2) is 9.18 Å². The first-order valence-electron chi connectivity index (χ1n) is 8.49. The molecule has 0 aliphatic carbocycles. The van der Waals surface area contributed by atoms with E-state index in [4.69, 9.17) is 4.74 Å². The van der Waals surface area contributed by atoms with Crippen LogP contribution in [-0.4, -0.2) is 36.3 Å². The molecule has 2 aromatic carbocycles. The van der Waals surface area contributed by atoms with E-state index in [9.17, 15) is 18.8 Å². The van der Waals surface area contributed by atoms with Crippen molar-refractivity contribution in [3.05, 3.63) is 65.5 Å². The molecule has 140 valence electrons. The Morgan fingerprint density at radius 1 is 1.15 bits per heavy atom. The van der Waals surface area contributed by atoms with Crippen LogP contribution in [0.3, 0.4) is 0 Å². The van der Waals surface area contributed by atoms with Crippen molar-refractivity contribution in [1.82, 2.24) is 10.2 Å². The van der Waals surface area contributed by atoms with Crippen molar-refractivity contribution in [1.29, 1.82) is 0 Å². The summed E-state index contributed by atoms with van der Waals surface area (Å²) in [5, 5.41) is 2.67. The lowest BCUT2D eigenvalue weighted by Crippen LogP contribution is -2.43. The number of nitrogens with zero attached hydrogens (tertiary/aromatic N) is 1. The number of hydrogen-bond donors (Lipinski definition) is 1. The lowest BCUT2D eigenvalue weighted by Gasteiger charge is -2.25. The van der Waals surface area contributed by atoms with E-state index in [1.165, 1.54) is 31.4 Å². The molecule has 1 fully saturated rings. The zero-order chi connectivity index (χ0) is 19.6. The second-order valence-corrected chi connectivity index (χ2v) is 6.21. The molecule has 1 atom stereocenters. The molecule has 3 rings (SSSR count). The summed E-state index contributed by atoms with van der Waals surface area (Å²) in [5.74, 6) is -1.02. The van der Waals surface area contributed by atoms with Gasteiger partial charge in [0.2, 0.25) is 0 Å². The van der Waals surface area contributed by atoms with E-state index in [1.807, 2.05) is 0 Å². The highest BCUT2D eigenvalue weighted by molar-refractivity contribution is 6.11. The first-order valence-corrected chi connectivity index (χ1v) is 8.49. The number of ether oxygens (including phenoxy) is 1. The van der Waals surface area contributed by atoms with Crippen LogP contribution in [0.2, 0.25) is 0 Å². The van der Waals surface area contributed by atoms with Crippen molar-refractivity contribution >= 4 is 17.7 Å². The van der Waals surface area contributed by atoms with Crippen molar-refractivity contribution in [2.45, 2.75) is 18.9 Å². The molecule has 1 heterocycles. The topological polar surface area (TPSA) is 75.7 Å². The van der Waals surface area contributed by atoms with E-state index < -0.39 is 35.6 Å². The maximum Gasteiger partial charge on any atom is 0.325 e. The zero-order valence-corrected chi connectivity index (χ0v) is 15.0. The predicted octanol–water partition coefficient (Wildman–Crippen LogP) is 2.87. The summed E-state index contributed by atoms with van der Waals surface area (Å²) < 4.78 is 18.4. The number of hydrogen-bond acceptors (Lipinski definition) is 4. The number of halogens is 1. The van der Waals surface area contributed by atoms with Crippen LogP contribution in [0.1, 0.15) is 29.3 Å². The van der Waals surface area contributed by atoms with Crippen LogP contribution in [0.15, 0.2) is 48.5 Å². The number of Topliss-reactive ketones (excluding diaryl/α,β-unsaturated/α-hetero) is 1. The van der Waals surface area contributed by atoms with E-state index in [-0.39, 0.29) is 12.0 Å². The minimum Gasteiger partial charge on any atom is -0.496 e. The van der Waals surface area contributed by atoms with Crippen LogP contribution in [-0.2, 0) is 10.3 Å². The monoisotopic (exact) mass is 370 g/mol. The largest absolute Gasteiger partial charge is 0.496 e. The third-order valence-electron chi connectivity index (χ3n) is 4.75. The Balaban J connectivity index is 1.89. The van der Waals surface area contributed by atoms with Gasteiger partial charge in [0.25, 0.3) is 5.91 Å². The number of nitrogens with one attached hydrogen (secondary N) is 1. The van der Waals surface area contributed by atoms with E-state index in [2.05, 4.69) is 5.32 Å². The molecule has 1 saturated heterocycles. The summed E-state index contributed by atoms with van der Waals surface area (Å²) in [6.45, 7) is 1.33. The van der Waals surface area contributed by atoms with Gasteiger partial charge in [-0.3, -0.25) is 14.5 Å². The van der Waals surface area contributed by atoms with Crippen molar-refractivity contribution < 1.29 is 23.5 Å². The van der Waals surface area contributed by atoms with E-state index in [0.717, 1.165) is 4.90 Å². The number of ketones is 1.